The van der Waals surface area contributed by atoms with Crippen molar-refractivity contribution in [2.24, 2.45) is 5.73 Å². The Kier molecular flexibility index (Phi) is 4.46. The lowest BCUT2D eigenvalue weighted by Gasteiger charge is -2.33. The molecular formula is C16H17BrN2O3S. The Bertz CT molecular complexity index is 839. The maximum Gasteiger partial charge on any atom is 0.264 e. The summed E-state index contributed by atoms with van der Waals surface area (Å²) in [6.45, 7) is 0.377. The minimum atomic E-state index is -3.75. The summed E-state index contributed by atoms with van der Waals surface area (Å²) < 4.78 is 28.0. The van der Waals surface area contributed by atoms with Crippen LogP contribution in [0.4, 0.5) is 5.69 Å². The summed E-state index contributed by atoms with van der Waals surface area (Å²) in [5.41, 5.74) is 7.90. The van der Waals surface area contributed by atoms with Gasteiger partial charge < -0.3 is 10.8 Å². The van der Waals surface area contributed by atoms with Crippen LogP contribution in [-0.2, 0) is 23.0 Å². The Morgan fingerprint density at radius 3 is 2.70 bits per heavy atom. The predicted molar refractivity (Wildman–Crippen MR) is 92.7 cm³/mol. The van der Waals surface area contributed by atoms with Crippen molar-refractivity contribution in [1.29, 1.82) is 0 Å². The fourth-order valence-electron chi connectivity index (χ4n) is 2.74. The van der Waals surface area contributed by atoms with Crippen LogP contribution in [0.15, 0.2) is 51.8 Å². The smallest absolute Gasteiger partial charge is 0.264 e. The maximum atomic E-state index is 13.0. The Labute approximate surface area is 143 Å². The number of hydrogen-bond acceptors (Lipinski definition) is 4. The van der Waals surface area contributed by atoms with Crippen LogP contribution >= 0.6 is 15.9 Å². The van der Waals surface area contributed by atoms with Crippen LogP contribution in [0.2, 0.25) is 0 Å². The summed E-state index contributed by atoms with van der Waals surface area (Å²) in [5, 5.41) is 10.0. The van der Waals surface area contributed by atoms with E-state index in [9.17, 15) is 13.5 Å². The van der Waals surface area contributed by atoms with Gasteiger partial charge in [0, 0.05) is 17.4 Å². The first-order valence-corrected chi connectivity index (χ1v) is 9.44. The monoisotopic (exact) mass is 396 g/mol. The second-order valence-corrected chi connectivity index (χ2v) is 8.20. The van der Waals surface area contributed by atoms with Crippen molar-refractivity contribution in [1.82, 2.24) is 0 Å². The molecule has 3 N–H and O–H groups in total. The molecule has 0 saturated heterocycles. The van der Waals surface area contributed by atoms with Gasteiger partial charge in [-0.3, -0.25) is 4.31 Å². The minimum Gasteiger partial charge on any atom is -0.391 e. The maximum absolute atomic E-state index is 13.0. The largest absolute Gasteiger partial charge is 0.391 e. The van der Waals surface area contributed by atoms with Gasteiger partial charge in [-0.25, -0.2) is 8.42 Å². The van der Waals surface area contributed by atoms with Gasteiger partial charge in [0.15, 0.2) is 0 Å². The molecule has 1 aliphatic heterocycles. The number of halogens is 1. The van der Waals surface area contributed by atoms with Crippen molar-refractivity contribution in [2.45, 2.75) is 24.0 Å². The highest BCUT2D eigenvalue weighted by Gasteiger charge is 2.32. The number of hydrogen-bond donors (Lipinski definition) is 2. The third-order valence-corrected chi connectivity index (χ3v) is 6.44. The number of aliphatic hydroxyl groups excluding tert-OH is 1. The molecule has 0 radical (unpaired) electrons. The van der Waals surface area contributed by atoms with Crippen LogP contribution < -0.4 is 10.0 Å². The zero-order chi connectivity index (χ0) is 16.6. The standard InChI is InChI=1S/C16H17BrN2O3S/c17-15-8-14(6-5-12(15)9-18)23(21,22)19-10-13(20)7-11-3-1-2-4-16(11)19/h1-6,8,13,20H,7,9-10,18H2/t13-/m1/s1. The van der Waals surface area contributed by atoms with E-state index in [0.717, 1.165) is 11.1 Å². The Hall–Kier alpha value is -1.41. The van der Waals surface area contributed by atoms with Crippen molar-refractivity contribution < 1.29 is 13.5 Å². The number of β-amino-alcohol motifs (C(OH)–C–C–N with tert-alkyl or cyclic N) is 1. The summed E-state index contributed by atoms with van der Waals surface area (Å²) in [4.78, 5) is 0.172. The molecule has 1 atom stereocenters. The normalized spacial score (nSPS) is 17.9. The van der Waals surface area contributed by atoms with E-state index < -0.39 is 16.1 Å². The molecule has 3 rings (SSSR count). The van der Waals surface area contributed by atoms with Crippen LogP contribution in [0, 0.1) is 0 Å². The highest BCUT2D eigenvalue weighted by molar-refractivity contribution is 9.10. The van der Waals surface area contributed by atoms with Crippen LogP contribution in [0.5, 0.6) is 0 Å². The van der Waals surface area contributed by atoms with E-state index in [4.69, 9.17) is 5.73 Å². The fraction of sp³-hybridized carbons (Fsp3) is 0.250. The van der Waals surface area contributed by atoms with E-state index in [0.29, 0.717) is 23.1 Å². The van der Waals surface area contributed by atoms with Gasteiger partial charge in [0.2, 0.25) is 0 Å². The molecule has 5 nitrogen and oxygen atoms in total. The summed E-state index contributed by atoms with van der Waals surface area (Å²) in [5.74, 6) is 0. The number of rotatable bonds is 3. The molecule has 1 aliphatic rings. The summed E-state index contributed by atoms with van der Waals surface area (Å²) >= 11 is 3.36. The first kappa shape index (κ1) is 16.4. The molecule has 0 bridgehead atoms. The number of sulfonamides is 1. The van der Waals surface area contributed by atoms with E-state index in [1.807, 2.05) is 12.1 Å². The second kappa shape index (κ2) is 6.24. The summed E-state index contributed by atoms with van der Waals surface area (Å²) in [6, 6.07) is 12.0. The third-order valence-electron chi connectivity index (χ3n) is 3.92. The Morgan fingerprint density at radius 1 is 1.26 bits per heavy atom. The molecular weight excluding hydrogens is 380 g/mol. The molecule has 0 spiro atoms. The van der Waals surface area contributed by atoms with Crippen molar-refractivity contribution >= 4 is 31.6 Å². The Morgan fingerprint density at radius 2 is 2.00 bits per heavy atom. The number of nitrogens with zero attached hydrogens (tertiary/aromatic N) is 1. The highest BCUT2D eigenvalue weighted by Crippen LogP contribution is 2.33. The van der Waals surface area contributed by atoms with Gasteiger partial charge in [-0.2, -0.15) is 0 Å². The summed E-state index contributed by atoms with van der Waals surface area (Å²) in [6.07, 6.45) is -0.260. The van der Waals surface area contributed by atoms with Gasteiger partial charge in [-0.15, -0.1) is 0 Å². The molecule has 2 aromatic rings. The van der Waals surface area contributed by atoms with Gasteiger partial charge in [-0.1, -0.05) is 40.2 Å². The zero-order valence-corrected chi connectivity index (χ0v) is 14.7. The van der Waals surface area contributed by atoms with Crippen molar-refractivity contribution in [2.75, 3.05) is 10.8 Å². The van der Waals surface area contributed by atoms with Gasteiger partial charge in [0.25, 0.3) is 10.0 Å². The van der Waals surface area contributed by atoms with E-state index in [1.54, 1.807) is 30.3 Å². The minimum absolute atomic E-state index is 0.0512. The molecule has 122 valence electrons. The lowest BCUT2D eigenvalue weighted by atomic mass is 10.0. The number of aliphatic hydroxyl groups is 1. The van der Waals surface area contributed by atoms with E-state index in [2.05, 4.69) is 15.9 Å². The number of fused-ring (bicyclic) bond motifs is 1. The van der Waals surface area contributed by atoms with Crippen molar-refractivity contribution in [3.05, 3.63) is 58.1 Å². The molecule has 2 aromatic carbocycles. The SMILES string of the molecule is NCc1ccc(S(=O)(=O)N2C[C@H](O)Cc3ccccc32)cc1Br. The third kappa shape index (κ3) is 3.01. The van der Waals surface area contributed by atoms with Crippen LogP contribution in [-0.4, -0.2) is 26.2 Å². The molecule has 0 aromatic heterocycles. The van der Waals surface area contributed by atoms with Gasteiger partial charge >= 0.3 is 0 Å². The first-order valence-electron chi connectivity index (χ1n) is 7.20. The Balaban J connectivity index is 2.08. The molecule has 1 heterocycles. The lowest BCUT2D eigenvalue weighted by Crippen LogP contribution is -2.42. The molecule has 0 saturated carbocycles. The topological polar surface area (TPSA) is 83.6 Å². The molecule has 7 heteroatoms. The van der Waals surface area contributed by atoms with Crippen LogP contribution in [0.1, 0.15) is 11.1 Å². The number of para-hydroxylation sites is 1. The average molecular weight is 397 g/mol. The van der Waals surface area contributed by atoms with Gasteiger partial charge in [-0.05, 0) is 29.3 Å². The van der Waals surface area contributed by atoms with Crippen LogP contribution in [0.25, 0.3) is 0 Å². The van der Waals surface area contributed by atoms with Gasteiger partial charge in [0.05, 0.1) is 23.2 Å². The lowest BCUT2D eigenvalue weighted by molar-refractivity contribution is 0.180. The predicted octanol–water partition coefficient (Wildman–Crippen LogP) is 2.02. The van der Waals surface area contributed by atoms with Crippen LogP contribution in [0.3, 0.4) is 0 Å². The molecule has 0 aliphatic carbocycles. The van der Waals surface area contributed by atoms with Crippen molar-refractivity contribution in [3.63, 3.8) is 0 Å². The highest BCUT2D eigenvalue weighted by atomic mass is 79.9. The van der Waals surface area contributed by atoms with Gasteiger partial charge in [0.1, 0.15) is 0 Å². The number of benzene rings is 2. The van der Waals surface area contributed by atoms with E-state index in [1.165, 1.54) is 4.31 Å². The average Bonchev–Trinajstić information content (AvgIpc) is 2.53. The molecule has 0 fully saturated rings. The van der Waals surface area contributed by atoms with Crippen molar-refractivity contribution in [3.8, 4) is 0 Å². The fourth-order valence-corrected chi connectivity index (χ4v) is 5.00. The summed E-state index contributed by atoms with van der Waals surface area (Å²) in [7, 11) is -3.75. The van der Waals surface area contributed by atoms with E-state index >= 15 is 0 Å². The number of anilines is 1. The number of nitrogens with two attached hydrogens (primary N) is 1. The van der Waals surface area contributed by atoms with E-state index in [-0.39, 0.29) is 11.4 Å². The molecule has 0 unspecified atom stereocenters. The first-order chi connectivity index (χ1) is 10.9. The molecule has 23 heavy (non-hydrogen) atoms. The second-order valence-electron chi connectivity index (χ2n) is 5.48. The zero-order valence-electron chi connectivity index (χ0n) is 12.3. The molecule has 0 amide bonds. The quantitative estimate of drug-likeness (QED) is 0.830.